The Balaban J connectivity index is 1.59. The molecule has 11 nitrogen and oxygen atoms in total. The second-order valence-corrected chi connectivity index (χ2v) is 7.46. The Labute approximate surface area is 193 Å². The van der Waals surface area contributed by atoms with E-state index >= 15 is 0 Å². The minimum Gasteiger partial charge on any atom is -0.497 e. The molecule has 11 heteroatoms. The maximum atomic E-state index is 12.6. The van der Waals surface area contributed by atoms with Crippen molar-refractivity contribution >= 4 is 23.3 Å². The van der Waals surface area contributed by atoms with Gasteiger partial charge in [0, 0.05) is 7.05 Å². The van der Waals surface area contributed by atoms with E-state index in [9.17, 15) is 14.7 Å². The van der Waals surface area contributed by atoms with Crippen LogP contribution in [0.15, 0.2) is 69.3 Å². The Kier molecular flexibility index (Phi) is 6.74. The molecule has 0 aliphatic carbocycles. The highest BCUT2D eigenvalue weighted by Crippen LogP contribution is 2.19. The lowest BCUT2D eigenvalue weighted by molar-refractivity contribution is 0.0938. The maximum Gasteiger partial charge on any atom is 0.329 e. The highest BCUT2D eigenvalue weighted by Gasteiger charge is 2.20. The molecule has 0 saturated carbocycles. The first kappa shape index (κ1) is 22.8. The van der Waals surface area contributed by atoms with Gasteiger partial charge in [-0.3, -0.25) is 14.3 Å². The summed E-state index contributed by atoms with van der Waals surface area (Å²) < 4.78 is 13.5. The smallest absolute Gasteiger partial charge is 0.329 e. The number of hydrazone groups is 1. The summed E-state index contributed by atoms with van der Waals surface area (Å²) in [6.07, 6.45) is 0.602. The van der Waals surface area contributed by atoms with Crippen molar-refractivity contribution < 1.29 is 14.6 Å². The van der Waals surface area contributed by atoms with Gasteiger partial charge in [0.05, 0.1) is 19.9 Å². The van der Waals surface area contributed by atoms with Crippen LogP contribution < -0.4 is 26.1 Å². The molecule has 2 aromatic carbocycles. The third-order valence-corrected chi connectivity index (χ3v) is 5.08. The fraction of sp³-hybridized carbons (Fsp3) is 0.217. The van der Waals surface area contributed by atoms with Crippen LogP contribution in [0.25, 0.3) is 11.2 Å². The molecule has 2 aromatic heterocycles. The molecule has 1 atom stereocenters. The van der Waals surface area contributed by atoms with Crippen LogP contribution in [0.5, 0.6) is 11.5 Å². The lowest BCUT2D eigenvalue weighted by Gasteiger charge is -2.15. The quantitative estimate of drug-likeness (QED) is 0.251. The molecule has 0 spiro atoms. The number of methoxy groups -OCH3 is 1. The second kappa shape index (κ2) is 10.0. The van der Waals surface area contributed by atoms with Crippen molar-refractivity contribution in [1.29, 1.82) is 0 Å². The van der Waals surface area contributed by atoms with Crippen molar-refractivity contribution in [2.24, 2.45) is 12.1 Å². The molecular formula is C23H24N6O5. The Morgan fingerprint density at radius 2 is 1.85 bits per heavy atom. The van der Waals surface area contributed by atoms with Crippen LogP contribution in [0.3, 0.4) is 0 Å². The van der Waals surface area contributed by atoms with Crippen molar-refractivity contribution in [2.45, 2.75) is 12.6 Å². The topological polar surface area (TPSA) is 136 Å². The lowest BCUT2D eigenvalue weighted by Crippen LogP contribution is -2.30. The lowest BCUT2D eigenvalue weighted by atomic mass is 10.2. The summed E-state index contributed by atoms with van der Waals surface area (Å²) in [4.78, 5) is 31.2. The zero-order chi connectivity index (χ0) is 24.1. The summed E-state index contributed by atoms with van der Waals surface area (Å²) in [5, 5.41) is 14.8. The van der Waals surface area contributed by atoms with E-state index in [1.165, 1.54) is 16.2 Å². The highest BCUT2D eigenvalue weighted by atomic mass is 16.5. The first-order valence-corrected chi connectivity index (χ1v) is 10.4. The number of hydrogen-bond acceptors (Lipinski definition) is 8. The normalized spacial score (nSPS) is 12.2. The summed E-state index contributed by atoms with van der Waals surface area (Å²) in [5.41, 5.74) is 2.74. The van der Waals surface area contributed by atoms with E-state index in [4.69, 9.17) is 9.47 Å². The number of fused-ring (bicyclic) bond motifs is 1. The Bertz CT molecular complexity index is 1410. The van der Waals surface area contributed by atoms with Crippen LogP contribution in [0.4, 0.5) is 5.95 Å². The SMILES string of the molecule is COc1ccc(OCC(O)Cn2c(NN=Cc3ccccc3)nc3c2c(=O)[nH]c(=O)n3C)cc1. The molecule has 0 saturated heterocycles. The van der Waals surface area contributed by atoms with Crippen molar-refractivity contribution in [2.75, 3.05) is 19.1 Å². The predicted octanol–water partition coefficient (Wildman–Crippen LogP) is 1.32. The van der Waals surface area contributed by atoms with Gasteiger partial charge in [0.1, 0.15) is 24.2 Å². The summed E-state index contributed by atoms with van der Waals surface area (Å²) in [5.74, 6) is 1.44. The third-order valence-electron chi connectivity index (χ3n) is 5.08. The fourth-order valence-electron chi connectivity index (χ4n) is 3.33. The molecular weight excluding hydrogens is 440 g/mol. The second-order valence-electron chi connectivity index (χ2n) is 7.46. The van der Waals surface area contributed by atoms with Gasteiger partial charge >= 0.3 is 5.69 Å². The van der Waals surface area contributed by atoms with Crippen molar-refractivity contribution in [3.05, 3.63) is 81.0 Å². The number of aliphatic hydroxyl groups is 1. The molecule has 3 N–H and O–H groups in total. The average Bonchev–Trinajstić information content (AvgIpc) is 3.21. The zero-order valence-corrected chi connectivity index (χ0v) is 18.6. The molecule has 0 aliphatic heterocycles. The first-order chi connectivity index (χ1) is 16.5. The van der Waals surface area contributed by atoms with E-state index in [-0.39, 0.29) is 30.3 Å². The summed E-state index contributed by atoms with van der Waals surface area (Å²) >= 11 is 0. The van der Waals surface area contributed by atoms with Gasteiger partial charge < -0.3 is 19.1 Å². The van der Waals surface area contributed by atoms with Gasteiger partial charge in [0.2, 0.25) is 5.95 Å². The van der Waals surface area contributed by atoms with Crippen molar-refractivity contribution in [1.82, 2.24) is 19.1 Å². The number of aryl methyl sites for hydroxylation is 1. The maximum absolute atomic E-state index is 12.6. The van der Waals surface area contributed by atoms with E-state index < -0.39 is 17.4 Å². The largest absolute Gasteiger partial charge is 0.497 e. The van der Waals surface area contributed by atoms with E-state index in [0.717, 1.165) is 5.56 Å². The summed E-state index contributed by atoms with van der Waals surface area (Å²) in [7, 11) is 3.07. The number of benzene rings is 2. The van der Waals surface area contributed by atoms with Gasteiger partial charge in [-0.15, -0.1) is 0 Å². The monoisotopic (exact) mass is 464 g/mol. The molecule has 1 unspecified atom stereocenters. The molecule has 0 bridgehead atoms. The third kappa shape index (κ3) is 4.99. The van der Waals surface area contributed by atoms with Gasteiger partial charge in [-0.05, 0) is 29.8 Å². The van der Waals surface area contributed by atoms with Crippen molar-refractivity contribution in [3.8, 4) is 11.5 Å². The number of imidazole rings is 1. The Hall–Kier alpha value is -4.38. The van der Waals surface area contributed by atoms with Crippen LogP contribution in [0, 0.1) is 0 Å². The zero-order valence-electron chi connectivity index (χ0n) is 18.6. The van der Waals surface area contributed by atoms with Crippen LogP contribution in [-0.2, 0) is 13.6 Å². The molecule has 0 aliphatic rings. The minimum atomic E-state index is -0.991. The Morgan fingerprint density at radius 1 is 1.15 bits per heavy atom. The van der Waals surface area contributed by atoms with Crippen LogP contribution in [-0.4, -0.2) is 50.2 Å². The van der Waals surface area contributed by atoms with E-state index in [1.54, 1.807) is 37.6 Å². The molecule has 4 aromatic rings. The van der Waals surface area contributed by atoms with E-state index in [2.05, 4.69) is 20.5 Å². The highest BCUT2D eigenvalue weighted by molar-refractivity contribution is 5.80. The predicted molar refractivity (Wildman–Crippen MR) is 128 cm³/mol. The molecule has 0 fully saturated rings. The molecule has 2 heterocycles. The number of H-pyrrole nitrogens is 1. The van der Waals surface area contributed by atoms with Crippen LogP contribution in [0.1, 0.15) is 5.56 Å². The number of ether oxygens (including phenoxy) is 2. The standard InChI is InChI=1S/C23H24N6O5/c1-28-20-19(21(31)26-23(28)32)29(22(25-20)27-24-12-15-6-4-3-5-7-15)13-16(30)14-34-18-10-8-17(33-2)9-11-18/h3-12,16,30H,13-14H2,1-2H3,(H,25,27)(H,26,31,32). The number of rotatable bonds is 9. The molecule has 0 radical (unpaired) electrons. The van der Waals surface area contributed by atoms with Crippen LogP contribution in [0.2, 0.25) is 0 Å². The van der Waals surface area contributed by atoms with Crippen LogP contribution >= 0.6 is 0 Å². The Morgan fingerprint density at radius 3 is 2.56 bits per heavy atom. The average molecular weight is 464 g/mol. The molecule has 176 valence electrons. The van der Waals surface area contributed by atoms with Gasteiger partial charge in [0.25, 0.3) is 5.56 Å². The minimum absolute atomic E-state index is 0.0306. The molecule has 4 rings (SSSR count). The fourth-order valence-corrected chi connectivity index (χ4v) is 3.33. The first-order valence-electron chi connectivity index (χ1n) is 10.4. The van der Waals surface area contributed by atoms with Gasteiger partial charge in [-0.25, -0.2) is 10.2 Å². The molecule has 0 amide bonds. The number of aliphatic hydroxyl groups excluding tert-OH is 1. The number of anilines is 1. The van der Waals surface area contributed by atoms with Gasteiger partial charge in [-0.2, -0.15) is 10.1 Å². The number of aromatic amines is 1. The number of nitrogens with one attached hydrogen (secondary N) is 2. The summed E-state index contributed by atoms with van der Waals surface area (Å²) in [6, 6.07) is 16.4. The molecule has 34 heavy (non-hydrogen) atoms. The van der Waals surface area contributed by atoms with Gasteiger partial charge in [0.15, 0.2) is 11.2 Å². The van der Waals surface area contributed by atoms with E-state index in [1.807, 2.05) is 30.3 Å². The van der Waals surface area contributed by atoms with E-state index in [0.29, 0.717) is 11.5 Å². The van der Waals surface area contributed by atoms with Crippen molar-refractivity contribution in [3.63, 3.8) is 0 Å². The number of nitrogens with zero attached hydrogens (tertiary/aromatic N) is 4. The summed E-state index contributed by atoms with van der Waals surface area (Å²) in [6.45, 7) is -0.0699. The van der Waals surface area contributed by atoms with Gasteiger partial charge in [-0.1, -0.05) is 30.3 Å². The number of aromatic nitrogens is 4. The number of hydrogen-bond donors (Lipinski definition) is 3.